The quantitative estimate of drug-likeness (QED) is 0.459. The van der Waals surface area contributed by atoms with Crippen molar-refractivity contribution in [2.75, 3.05) is 0 Å². The lowest BCUT2D eigenvalue weighted by molar-refractivity contribution is 0.585. The minimum absolute atomic E-state index is 0.0124. The van der Waals surface area contributed by atoms with Crippen LogP contribution in [0, 0.1) is 28.4 Å². The minimum atomic E-state index is -0.805. The van der Waals surface area contributed by atoms with Crippen molar-refractivity contribution in [3.05, 3.63) is 60.1 Å². The second-order valence-corrected chi connectivity index (χ2v) is 6.31. The summed E-state index contributed by atoms with van der Waals surface area (Å²) in [5.74, 6) is -1.20. The molecule has 2 heterocycles. The van der Waals surface area contributed by atoms with E-state index in [9.17, 15) is 8.78 Å². The second-order valence-electron chi connectivity index (χ2n) is 6.31. The summed E-state index contributed by atoms with van der Waals surface area (Å²) in [4.78, 5) is 8.15. The highest BCUT2D eigenvalue weighted by atomic mass is 19.1. The molecule has 2 aromatic heterocycles. The van der Waals surface area contributed by atoms with Crippen molar-refractivity contribution in [3.8, 4) is 11.3 Å². The third kappa shape index (κ3) is 3.73. The molecular formula is C19H18F2N6O. The molecule has 28 heavy (non-hydrogen) atoms. The summed E-state index contributed by atoms with van der Waals surface area (Å²) in [5, 5.41) is 16.2. The number of amidine groups is 2. The van der Waals surface area contributed by atoms with Crippen LogP contribution in [0.15, 0.2) is 52.2 Å². The van der Waals surface area contributed by atoms with Gasteiger partial charge in [0, 0.05) is 23.7 Å². The number of fused-ring (bicyclic) bond motifs is 1. The largest absolute Gasteiger partial charge is 0.432 e. The van der Waals surface area contributed by atoms with Crippen LogP contribution in [-0.4, -0.2) is 26.8 Å². The van der Waals surface area contributed by atoms with Crippen LogP contribution in [0.3, 0.4) is 0 Å². The lowest BCUT2D eigenvalue weighted by Crippen LogP contribution is -2.20. The van der Waals surface area contributed by atoms with Gasteiger partial charge in [0.2, 0.25) is 0 Å². The van der Waals surface area contributed by atoms with Gasteiger partial charge in [0.05, 0.1) is 5.71 Å². The molecule has 0 radical (unpaired) electrons. The monoisotopic (exact) mass is 384 g/mol. The normalized spacial score (nSPS) is 12.4. The standard InChI is InChI=1S/C19H18F2N6O/c1-10(2)18(24)25-15(23)6-5-14(22)17-16(26-19-27(17)7-8-28-19)12-4-3-11(20)9-13(12)21/h3-10,22H,1-2H3,(H3,23,24,25). The molecular weight excluding hydrogens is 366 g/mol. The predicted octanol–water partition coefficient (Wildman–Crippen LogP) is 3.79. The zero-order chi connectivity index (χ0) is 20.4. The average molecular weight is 384 g/mol. The van der Waals surface area contributed by atoms with Gasteiger partial charge in [0.15, 0.2) is 0 Å². The first-order valence-electron chi connectivity index (χ1n) is 8.38. The minimum Gasteiger partial charge on any atom is -0.432 e. The molecule has 0 saturated carbocycles. The molecule has 0 saturated heterocycles. The summed E-state index contributed by atoms with van der Waals surface area (Å²) >= 11 is 0. The predicted molar refractivity (Wildman–Crippen MR) is 103 cm³/mol. The molecule has 0 fully saturated rings. The van der Waals surface area contributed by atoms with Gasteiger partial charge in [-0.3, -0.25) is 15.2 Å². The van der Waals surface area contributed by atoms with E-state index in [2.05, 4.69) is 9.98 Å². The molecule has 3 aromatic rings. The summed E-state index contributed by atoms with van der Waals surface area (Å²) in [6, 6.07) is 3.11. The van der Waals surface area contributed by atoms with E-state index >= 15 is 0 Å². The number of rotatable bonds is 5. The van der Waals surface area contributed by atoms with Gasteiger partial charge >= 0.3 is 5.84 Å². The molecule has 0 aliphatic rings. The third-order valence-corrected chi connectivity index (χ3v) is 3.95. The average Bonchev–Trinajstić information content (AvgIpc) is 3.20. The van der Waals surface area contributed by atoms with Crippen LogP contribution >= 0.6 is 0 Å². The lowest BCUT2D eigenvalue weighted by Gasteiger charge is -2.05. The van der Waals surface area contributed by atoms with E-state index in [1.807, 2.05) is 13.8 Å². The number of hydrogen-bond donors (Lipinski definition) is 3. The SMILES string of the molecule is CC(C)C(N)=NC(=N)C=CC(=N)c1c(-c2ccc(F)cc2F)nc2occn12. The lowest BCUT2D eigenvalue weighted by atomic mass is 10.1. The fraction of sp³-hybridized carbons (Fsp3) is 0.158. The number of halogens is 2. The van der Waals surface area contributed by atoms with Gasteiger partial charge in [-0.2, -0.15) is 4.98 Å². The second kappa shape index (κ2) is 7.55. The molecule has 1 aromatic carbocycles. The molecule has 0 amide bonds. The van der Waals surface area contributed by atoms with Crippen molar-refractivity contribution in [2.24, 2.45) is 16.6 Å². The van der Waals surface area contributed by atoms with Crippen LogP contribution in [0.5, 0.6) is 0 Å². The van der Waals surface area contributed by atoms with Crippen molar-refractivity contribution in [1.82, 2.24) is 9.38 Å². The van der Waals surface area contributed by atoms with Gasteiger partial charge < -0.3 is 10.2 Å². The van der Waals surface area contributed by atoms with Gasteiger partial charge in [-0.05, 0) is 24.3 Å². The third-order valence-electron chi connectivity index (χ3n) is 3.95. The maximum absolute atomic E-state index is 14.3. The van der Waals surface area contributed by atoms with Gasteiger partial charge in [-0.15, -0.1) is 0 Å². The van der Waals surface area contributed by atoms with E-state index < -0.39 is 11.6 Å². The Kier molecular flexibility index (Phi) is 5.16. The number of benzene rings is 1. The number of nitrogens with one attached hydrogen (secondary N) is 2. The fourth-order valence-electron chi connectivity index (χ4n) is 2.46. The number of imidazole rings is 1. The van der Waals surface area contributed by atoms with Crippen LogP contribution in [-0.2, 0) is 0 Å². The van der Waals surface area contributed by atoms with Crippen molar-refractivity contribution >= 4 is 23.2 Å². The van der Waals surface area contributed by atoms with Crippen LogP contribution in [0.1, 0.15) is 19.5 Å². The van der Waals surface area contributed by atoms with Gasteiger partial charge in [-0.25, -0.2) is 13.8 Å². The number of nitrogens with zero attached hydrogens (tertiary/aromatic N) is 3. The van der Waals surface area contributed by atoms with Crippen LogP contribution in [0.4, 0.5) is 8.78 Å². The molecule has 144 valence electrons. The zero-order valence-corrected chi connectivity index (χ0v) is 15.2. The summed E-state index contributed by atoms with van der Waals surface area (Å²) in [7, 11) is 0. The van der Waals surface area contributed by atoms with E-state index in [1.54, 1.807) is 0 Å². The molecule has 0 atom stereocenters. The molecule has 0 aliphatic heterocycles. The Morgan fingerprint density at radius 1 is 1.29 bits per heavy atom. The Morgan fingerprint density at radius 3 is 2.71 bits per heavy atom. The van der Waals surface area contributed by atoms with E-state index in [0.29, 0.717) is 5.84 Å². The smallest absolute Gasteiger partial charge is 0.306 e. The number of aromatic nitrogens is 2. The maximum atomic E-state index is 14.3. The van der Waals surface area contributed by atoms with Crippen molar-refractivity contribution in [3.63, 3.8) is 0 Å². The Morgan fingerprint density at radius 2 is 2.04 bits per heavy atom. The highest BCUT2D eigenvalue weighted by molar-refractivity contribution is 6.13. The first kappa shape index (κ1) is 19.2. The topological polar surface area (TPSA) is 117 Å². The van der Waals surface area contributed by atoms with Gasteiger partial charge in [-0.1, -0.05) is 13.8 Å². The van der Waals surface area contributed by atoms with E-state index in [0.717, 1.165) is 12.1 Å². The Labute approximate surface area is 159 Å². The maximum Gasteiger partial charge on any atom is 0.306 e. The highest BCUT2D eigenvalue weighted by Gasteiger charge is 2.21. The van der Waals surface area contributed by atoms with Gasteiger partial charge in [0.1, 0.15) is 41.0 Å². The number of allylic oxidation sites excluding steroid dienone is 1. The van der Waals surface area contributed by atoms with E-state index in [1.165, 1.54) is 35.1 Å². The first-order chi connectivity index (χ1) is 13.3. The molecule has 0 spiro atoms. The Balaban J connectivity index is 2.01. The Hall–Kier alpha value is -3.62. The van der Waals surface area contributed by atoms with Crippen molar-refractivity contribution < 1.29 is 13.2 Å². The molecule has 9 heteroatoms. The number of aliphatic imine (C=N–C) groups is 1. The zero-order valence-electron chi connectivity index (χ0n) is 15.2. The molecule has 3 rings (SSSR count). The van der Waals surface area contributed by atoms with Crippen molar-refractivity contribution in [2.45, 2.75) is 13.8 Å². The van der Waals surface area contributed by atoms with Gasteiger partial charge in [0.25, 0.3) is 0 Å². The van der Waals surface area contributed by atoms with E-state index in [-0.39, 0.29) is 40.3 Å². The molecule has 7 nitrogen and oxygen atoms in total. The molecule has 0 bridgehead atoms. The molecule has 4 N–H and O–H groups in total. The number of hydrogen-bond acceptors (Lipinski definition) is 4. The Bertz CT molecular complexity index is 1120. The van der Waals surface area contributed by atoms with Crippen molar-refractivity contribution in [1.29, 1.82) is 10.8 Å². The summed E-state index contributed by atoms with van der Waals surface area (Å²) in [6.45, 7) is 3.70. The fourth-order valence-corrected chi connectivity index (χ4v) is 2.46. The summed E-state index contributed by atoms with van der Waals surface area (Å²) < 4.78 is 34.2. The highest BCUT2D eigenvalue weighted by Crippen LogP contribution is 2.28. The number of nitrogens with two attached hydrogens (primary N) is 1. The van der Waals surface area contributed by atoms with Crippen LogP contribution in [0.25, 0.3) is 17.1 Å². The van der Waals surface area contributed by atoms with E-state index in [4.69, 9.17) is 21.0 Å². The summed E-state index contributed by atoms with van der Waals surface area (Å²) in [6.07, 6.45) is 5.55. The van der Waals surface area contributed by atoms with Crippen LogP contribution in [0.2, 0.25) is 0 Å². The summed E-state index contributed by atoms with van der Waals surface area (Å²) in [5.41, 5.74) is 6.07. The van der Waals surface area contributed by atoms with Crippen LogP contribution < -0.4 is 5.73 Å². The first-order valence-corrected chi connectivity index (χ1v) is 8.38. The number of oxazole rings is 1. The molecule has 0 unspecified atom stereocenters. The molecule has 0 aliphatic carbocycles.